The topological polar surface area (TPSA) is 66.5 Å². The van der Waals surface area contributed by atoms with Crippen molar-refractivity contribution in [2.24, 2.45) is 0 Å². The SMILES string of the molecule is Cc1cccc(NS(=O)(=O)c2cc(C(=O)N3CCCc4ccccc43)ccc2C)c1. The van der Waals surface area contributed by atoms with Crippen LogP contribution in [0, 0.1) is 13.8 Å². The molecule has 0 bridgehead atoms. The van der Waals surface area contributed by atoms with E-state index in [0.29, 0.717) is 23.4 Å². The number of carbonyl (C=O) groups is 1. The van der Waals surface area contributed by atoms with Crippen molar-refractivity contribution in [2.75, 3.05) is 16.2 Å². The number of aryl methyl sites for hydroxylation is 3. The third-order valence-corrected chi connectivity index (χ3v) is 6.87. The third kappa shape index (κ3) is 3.96. The van der Waals surface area contributed by atoms with Crippen molar-refractivity contribution in [3.8, 4) is 0 Å². The predicted molar refractivity (Wildman–Crippen MR) is 120 cm³/mol. The summed E-state index contributed by atoms with van der Waals surface area (Å²) in [5.74, 6) is -0.186. The number of anilines is 2. The van der Waals surface area contributed by atoms with Crippen LogP contribution in [0.4, 0.5) is 11.4 Å². The summed E-state index contributed by atoms with van der Waals surface area (Å²) in [6.07, 6.45) is 1.82. The van der Waals surface area contributed by atoms with Crippen molar-refractivity contribution in [3.05, 3.63) is 89.0 Å². The number of rotatable bonds is 4. The molecule has 0 saturated heterocycles. The molecule has 1 aliphatic rings. The molecule has 0 fully saturated rings. The lowest BCUT2D eigenvalue weighted by molar-refractivity contribution is 0.0985. The standard InChI is InChI=1S/C24H24N2O3S/c1-17-7-5-10-21(15-17)25-30(28,29)23-16-20(13-12-18(23)2)24(27)26-14-6-9-19-8-3-4-11-22(19)26/h3-5,7-8,10-13,15-16,25H,6,9,14H2,1-2H3. The Bertz CT molecular complexity index is 1220. The average Bonchev–Trinajstić information content (AvgIpc) is 2.73. The zero-order valence-electron chi connectivity index (χ0n) is 17.1. The fourth-order valence-electron chi connectivity index (χ4n) is 3.84. The minimum atomic E-state index is -3.83. The van der Waals surface area contributed by atoms with E-state index in [1.54, 1.807) is 42.2 Å². The molecule has 3 aromatic carbocycles. The summed E-state index contributed by atoms with van der Waals surface area (Å²) in [6.45, 7) is 4.25. The van der Waals surface area contributed by atoms with Gasteiger partial charge in [-0.15, -0.1) is 0 Å². The Labute approximate surface area is 177 Å². The number of nitrogens with zero attached hydrogens (tertiary/aromatic N) is 1. The number of amides is 1. The van der Waals surface area contributed by atoms with Crippen LogP contribution in [0.25, 0.3) is 0 Å². The van der Waals surface area contributed by atoms with Crippen LogP contribution >= 0.6 is 0 Å². The number of benzene rings is 3. The van der Waals surface area contributed by atoms with Crippen LogP contribution in [0.5, 0.6) is 0 Å². The van der Waals surface area contributed by atoms with Crippen LogP contribution in [-0.4, -0.2) is 20.9 Å². The van der Waals surface area contributed by atoms with Crippen LogP contribution in [-0.2, 0) is 16.4 Å². The predicted octanol–water partition coefficient (Wildman–Crippen LogP) is 4.70. The Kier molecular flexibility index (Phi) is 5.35. The maximum Gasteiger partial charge on any atom is 0.262 e. The molecule has 154 valence electrons. The van der Waals surface area contributed by atoms with Crippen molar-refractivity contribution < 1.29 is 13.2 Å². The smallest absolute Gasteiger partial charge is 0.262 e. The van der Waals surface area contributed by atoms with Gasteiger partial charge in [0.2, 0.25) is 0 Å². The lowest BCUT2D eigenvalue weighted by Gasteiger charge is -2.29. The van der Waals surface area contributed by atoms with Crippen LogP contribution in [0.1, 0.15) is 33.5 Å². The monoisotopic (exact) mass is 420 g/mol. The van der Waals surface area contributed by atoms with Crippen LogP contribution in [0.2, 0.25) is 0 Å². The van der Waals surface area contributed by atoms with E-state index in [0.717, 1.165) is 29.7 Å². The van der Waals surface area contributed by atoms with Crippen molar-refractivity contribution in [3.63, 3.8) is 0 Å². The first-order valence-corrected chi connectivity index (χ1v) is 11.4. The van der Waals surface area contributed by atoms with E-state index in [2.05, 4.69) is 4.72 Å². The fourth-order valence-corrected chi connectivity index (χ4v) is 5.16. The summed E-state index contributed by atoms with van der Waals surface area (Å²) in [5, 5.41) is 0. The zero-order chi connectivity index (χ0) is 21.3. The van der Waals surface area contributed by atoms with Crippen molar-refractivity contribution >= 4 is 27.3 Å². The first kappa shape index (κ1) is 20.2. The van der Waals surface area contributed by atoms with Gasteiger partial charge in [-0.05, 0) is 73.7 Å². The normalized spacial score (nSPS) is 13.6. The first-order valence-electron chi connectivity index (χ1n) is 9.95. The molecule has 0 saturated carbocycles. The zero-order valence-corrected chi connectivity index (χ0v) is 17.9. The molecule has 5 nitrogen and oxygen atoms in total. The highest BCUT2D eigenvalue weighted by molar-refractivity contribution is 7.92. The van der Waals surface area contributed by atoms with E-state index < -0.39 is 10.0 Å². The maximum atomic E-state index is 13.3. The van der Waals surface area contributed by atoms with Crippen LogP contribution < -0.4 is 9.62 Å². The van der Waals surface area contributed by atoms with Gasteiger partial charge in [-0.25, -0.2) is 8.42 Å². The highest BCUT2D eigenvalue weighted by Gasteiger charge is 2.25. The molecule has 0 spiro atoms. The molecule has 1 N–H and O–H groups in total. The molecule has 30 heavy (non-hydrogen) atoms. The Morgan fingerprint density at radius 3 is 2.57 bits per heavy atom. The number of fused-ring (bicyclic) bond motifs is 1. The minimum Gasteiger partial charge on any atom is -0.308 e. The van der Waals surface area contributed by atoms with Gasteiger partial charge in [0.05, 0.1) is 4.90 Å². The highest BCUT2D eigenvalue weighted by atomic mass is 32.2. The van der Waals surface area contributed by atoms with Gasteiger partial charge in [0.25, 0.3) is 15.9 Å². The summed E-state index contributed by atoms with van der Waals surface area (Å²) >= 11 is 0. The van der Waals surface area contributed by atoms with Crippen LogP contribution in [0.15, 0.2) is 71.6 Å². The molecule has 0 radical (unpaired) electrons. The Morgan fingerprint density at radius 1 is 0.967 bits per heavy atom. The quantitative estimate of drug-likeness (QED) is 0.665. The number of carbonyl (C=O) groups excluding carboxylic acids is 1. The molecule has 4 rings (SSSR count). The second kappa shape index (κ2) is 7.95. The molecule has 1 heterocycles. The molecule has 3 aromatic rings. The van der Waals surface area contributed by atoms with E-state index in [4.69, 9.17) is 0 Å². The summed E-state index contributed by atoms with van der Waals surface area (Å²) in [6, 6.07) is 19.9. The van der Waals surface area contributed by atoms with Gasteiger partial charge in [-0.3, -0.25) is 9.52 Å². The average molecular weight is 421 g/mol. The minimum absolute atomic E-state index is 0.111. The molecular weight excluding hydrogens is 396 g/mol. The fraction of sp³-hybridized carbons (Fsp3) is 0.208. The highest BCUT2D eigenvalue weighted by Crippen LogP contribution is 2.29. The van der Waals surface area contributed by atoms with E-state index in [1.807, 2.05) is 37.3 Å². The van der Waals surface area contributed by atoms with Crippen molar-refractivity contribution in [1.82, 2.24) is 0 Å². The second-order valence-electron chi connectivity index (χ2n) is 7.64. The van der Waals surface area contributed by atoms with Gasteiger partial charge in [0, 0.05) is 23.5 Å². The van der Waals surface area contributed by atoms with Crippen molar-refractivity contribution in [2.45, 2.75) is 31.6 Å². The lowest BCUT2D eigenvalue weighted by atomic mass is 10.0. The summed E-state index contributed by atoms with van der Waals surface area (Å²) < 4.78 is 28.7. The summed E-state index contributed by atoms with van der Waals surface area (Å²) in [7, 11) is -3.83. The number of para-hydroxylation sites is 1. The first-order chi connectivity index (χ1) is 14.3. The molecule has 6 heteroatoms. The van der Waals surface area contributed by atoms with Gasteiger partial charge < -0.3 is 4.90 Å². The molecule has 0 unspecified atom stereocenters. The number of hydrogen-bond acceptors (Lipinski definition) is 3. The lowest BCUT2D eigenvalue weighted by Crippen LogP contribution is -2.35. The Hall–Kier alpha value is -3.12. The number of sulfonamides is 1. The summed E-state index contributed by atoms with van der Waals surface area (Å²) in [4.78, 5) is 15.1. The number of hydrogen-bond donors (Lipinski definition) is 1. The van der Waals surface area contributed by atoms with E-state index in [1.165, 1.54) is 6.07 Å². The second-order valence-corrected chi connectivity index (χ2v) is 9.30. The van der Waals surface area contributed by atoms with Crippen LogP contribution in [0.3, 0.4) is 0 Å². The Morgan fingerprint density at radius 2 is 1.77 bits per heavy atom. The molecule has 1 aliphatic heterocycles. The maximum absolute atomic E-state index is 13.3. The summed E-state index contributed by atoms with van der Waals surface area (Å²) in [5.41, 5.74) is 4.44. The number of nitrogens with one attached hydrogen (secondary N) is 1. The Balaban J connectivity index is 1.68. The van der Waals surface area contributed by atoms with E-state index in [-0.39, 0.29) is 10.8 Å². The molecule has 0 aliphatic carbocycles. The van der Waals surface area contributed by atoms with E-state index >= 15 is 0 Å². The third-order valence-electron chi connectivity index (χ3n) is 5.35. The van der Waals surface area contributed by atoms with Gasteiger partial charge in [0.1, 0.15) is 0 Å². The van der Waals surface area contributed by atoms with Gasteiger partial charge >= 0.3 is 0 Å². The molecular formula is C24H24N2O3S. The largest absolute Gasteiger partial charge is 0.308 e. The molecule has 0 aromatic heterocycles. The van der Waals surface area contributed by atoms with Crippen molar-refractivity contribution in [1.29, 1.82) is 0 Å². The van der Waals surface area contributed by atoms with Gasteiger partial charge in [-0.2, -0.15) is 0 Å². The van der Waals surface area contributed by atoms with Gasteiger partial charge in [-0.1, -0.05) is 36.4 Å². The van der Waals surface area contributed by atoms with Gasteiger partial charge in [0.15, 0.2) is 0 Å². The van der Waals surface area contributed by atoms with E-state index in [9.17, 15) is 13.2 Å². The molecule has 1 amide bonds. The molecule has 0 atom stereocenters.